The molecule has 9 heteroatoms. The van der Waals surface area contributed by atoms with Crippen LogP contribution in [0.15, 0.2) is 18.2 Å². The Balaban J connectivity index is 1.97. The van der Waals surface area contributed by atoms with Gasteiger partial charge in [-0.05, 0) is 32.0 Å². The molecule has 0 unspecified atom stereocenters. The fraction of sp³-hybridized carbons (Fsp3) is 0.421. The van der Waals surface area contributed by atoms with Crippen LogP contribution in [-0.4, -0.2) is 44.5 Å². The van der Waals surface area contributed by atoms with Gasteiger partial charge in [0.2, 0.25) is 0 Å². The highest BCUT2D eigenvalue weighted by atomic mass is 79.9. The molecule has 2 heterocycles. The van der Waals surface area contributed by atoms with Gasteiger partial charge in [0, 0.05) is 28.9 Å². The van der Waals surface area contributed by atoms with Crippen molar-refractivity contribution in [2.75, 3.05) is 11.9 Å². The molecule has 0 bridgehead atoms. The third kappa shape index (κ3) is 4.07. The van der Waals surface area contributed by atoms with Crippen molar-refractivity contribution in [1.29, 1.82) is 0 Å². The number of carbonyl (C=O) groups is 2. The van der Waals surface area contributed by atoms with E-state index in [1.54, 1.807) is 34.7 Å². The molecule has 1 atom stereocenters. The molecule has 1 aliphatic rings. The predicted molar refractivity (Wildman–Crippen MR) is 111 cm³/mol. The van der Waals surface area contributed by atoms with E-state index in [9.17, 15) is 9.59 Å². The number of fused-ring (bicyclic) bond motifs is 1. The first-order valence-corrected chi connectivity index (χ1v) is 10.8. The van der Waals surface area contributed by atoms with E-state index in [1.807, 2.05) is 6.92 Å². The molecule has 2 aromatic rings. The van der Waals surface area contributed by atoms with Gasteiger partial charge in [0.1, 0.15) is 0 Å². The second-order valence-electron chi connectivity index (χ2n) is 6.52. The molecule has 1 aromatic heterocycles. The van der Waals surface area contributed by atoms with E-state index in [4.69, 9.17) is 27.9 Å². The smallest absolute Gasteiger partial charge is 0.356 e. The summed E-state index contributed by atoms with van der Waals surface area (Å²) >= 11 is 15.4. The summed E-state index contributed by atoms with van der Waals surface area (Å²) < 4.78 is 6.89. The first kappa shape index (κ1) is 21.1. The van der Waals surface area contributed by atoms with Crippen molar-refractivity contribution in [1.82, 2.24) is 14.7 Å². The normalized spacial score (nSPS) is 16.0. The van der Waals surface area contributed by atoms with E-state index >= 15 is 0 Å². The number of aryl methyl sites for hydroxylation is 1. The number of amides is 1. The Hall–Kier alpha value is -1.57. The lowest BCUT2D eigenvalue weighted by atomic mass is 9.98. The minimum Gasteiger partial charge on any atom is -0.461 e. The second-order valence-corrected chi connectivity index (χ2v) is 8.13. The third-order valence-corrected chi connectivity index (χ3v) is 5.77. The highest BCUT2D eigenvalue weighted by molar-refractivity contribution is 9.09. The number of esters is 1. The van der Waals surface area contributed by atoms with E-state index in [2.05, 4.69) is 21.0 Å². The number of halogens is 3. The summed E-state index contributed by atoms with van der Waals surface area (Å²) in [6, 6.07) is 4.75. The van der Waals surface area contributed by atoms with Crippen LogP contribution in [0.5, 0.6) is 0 Å². The van der Waals surface area contributed by atoms with Crippen LogP contribution in [0.1, 0.15) is 46.0 Å². The average molecular weight is 489 g/mol. The van der Waals surface area contributed by atoms with E-state index in [0.29, 0.717) is 39.6 Å². The summed E-state index contributed by atoms with van der Waals surface area (Å²) in [6.45, 7) is 4.82. The fourth-order valence-electron chi connectivity index (χ4n) is 3.33. The van der Waals surface area contributed by atoms with Gasteiger partial charge < -0.3 is 9.64 Å². The van der Waals surface area contributed by atoms with Crippen molar-refractivity contribution in [2.24, 2.45) is 0 Å². The van der Waals surface area contributed by atoms with E-state index in [1.165, 1.54) is 0 Å². The molecule has 3 rings (SSSR count). The molecule has 150 valence electrons. The zero-order valence-corrected chi connectivity index (χ0v) is 18.6. The summed E-state index contributed by atoms with van der Waals surface area (Å²) in [4.78, 5) is 27.4. The van der Waals surface area contributed by atoms with Gasteiger partial charge in [0.15, 0.2) is 5.69 Å². The first-order valence-electron chi connectivity index (χ1n) is 8.95. The van der Waals surface area contributed by atoms with Gasteiger partial charge in [-0.25, -0.2) is 4.79 Å². The average Bonchev–Trinajstić information content (AvgIpc) is 3.00. The molecule has 0 radical (unpaired) electrons. The van der Waals surface area contributed by atoms with Crippen LogP contribution in [-0.2, 0) is 24.2 Å². The maximum absolute atomic E-state index is 13.1. The molecule has 6 nitrogen and oxygen atoms in total. The Morgan fingerprint density at radius 3 is 2.71 bits per heavy atom. The molecule has 1 aromatic carbocycles. The van der Waals surface area contributed by atoms with E-state index < -0.39 is 5.97 Å². The number of hydrogen-bond donors (Lipinski definition) is 0. The number of aromatic nitrogens is 2. The van der Waals surface area contributed by atoms with Crippen molar-refractivity contribution in [2.45, 2.75) is 39.4 Å². The van der Waals surface area contributed by atoms with E-state index in [-0.39, 0.29) is 25.1 Å². The molecule has 0 fully saturated rings. The molecule has 28 heavy (non-hydrogen) atoms. The maximum Gasteiger partial charge on any atom is 0.356 e. The molecule has 0 aliphatic carbocycles. The topological polar surface area (TPSA) is 64.4 Å². The number of carbonyl (C=O) groups excluding carboxylic acids is 2. The Kier molecular flexibility index (Phi) is 6.68. The summed E-state index contributed by atoms with van der Waals surface area (Å²) in [5.74, 6) is -0.589. The Bertz CT molecular complexity index is 916. The minimum atomic E-state index is -0.423. The van der Waals surface area contributed by atoms with Gasteiger partial charge in [0.25, 0.3) is 5.91 Å². The number of ether oxygens (including phenoxy) is 1. The molecule has 0 saturated heterocycles. The lowest BCUT2D eigenvalue weighted by Crippen LogP contribution is -2.42. The number of hydrogen-bond acceptors (Lipinski definition) is 4. The van der Waals surface area contributed by atoms with E-state index in [0.717, 1.165) is 11.3 Å². The predicted octanol–water partition coefficient (Wildman–Crippen LogP) is 4.35. The summed E-state index contributed by atoms with van der Waals surface area (Å²) in [5, 5.41) is 5.98. The van der Waals surface area contributed by atoms with Crippen LogP contribution in [0.3, 0.4) is 0 Å². The van der Waals surface area contributed by atoms with Crippen LogP contribution in [0, 0.1) is 0 Å². The summed E-state index contributed by atoms with van der Waals surface area (Å²) in [5.41, 5.74) is 2.44. The van der Waals surface area contributed by atoms with Gasteiger partial charge in [0.05, 0.1) is 35.4 Å². The van der Waals surface area contributed by atoms with Crippen LogP contribution in [0.2, 0.25) is 10.0 Å². The number of nitrogens with zero attached hydrogens (tertiary/aromatic N) is 3. The molecule has 0 saturated carbocycles. The lowest BCUT2D eigenvalue weighted by molar-refractivity contribution is 0.0503. The number of alkyl halides is 1. The van der Waals surface area contributed by atoms with Gasteiger partial charge in [-0.2, -0.15) is 5.10 Å². The SMILES string of the molecule is CCOC(=O)c1c2c(nn1CCBr)C[C@@H](C)N(C(=O)c1ccc(Cl)c(Cl)c1)C2. The number of benzene rings is 1. The van der Waals surface area contributed by atoms with Crippen molar-refractivity contribution in [3.05, 3.63) is 50.8 Å². The quantitative estimate of drug-likeness (QED) is 0.463. The third-order valence-electron chi connectivity index (χ3n) is 4.68. The highest BCUT2D eigenvalue weighted by Crippen LogP contribution is 2.29. The second kappa shape index (κ2) is 8.84. The molecule has 0 N–H and O–H groups in total. The van der Waals surface area contributed by atoms with Crippen molar-refractivity contribution in [3.8, 4) is 0 Å². The van der Waals surface area contributed by atoms with Crippen molar-refractivity contribution < 1.29 is 14.3 Å². The van der Waals surface area contributed by atoms with Gasteiger partial charge in [-0.3, -0.25) is 9.48 Å². The van der Waals surface area contributed by atoms with Gasteiger partial charge >= 0.3 is 5.97 Å². The van der Waals surface area contributed by atoms with Crippen LogP contribution >= 0.6 is 39.1 Å². The van der Waals surface area contributed by atoms with Crippen LogP contribution in [0.25, 0.3) is 0 Å². The van der Waals surface area contributed by atoms with Crippen molar-refractivity contribution in [3.63, 3.8) is 0 Å². The summed E-state index contributed by atoms with van der Waals surface area (Å²) in [6.07, 6.45) is 0.560. The minimum absolute atomic E-state index is 0.0724. The molecular weight excluding hydrogens is 469 g/mol. The highest BCUT2D eigenvalue weighted by Gasteiger charge is 2.34. The van der Waals surface area contributed by atoms with Crippen LogP contribution < -0.4 is 0 Å². The number of rotatable bonds is 5. The Morgan fingerprint density at radius 2 is 2.07 bits per heavy atom. The Labute approximate surface area is 181 Å². The lowest BCUT2D eigenvalue weighted by Gasteiger charge is -2.33. The monoisotopic (exact) mass is 487 g/mol. The first-order chi connectivity index (χ1) is 13.4. The van der Waals surface area contributed by atoms with Gasteiger partial charge in [-0.1, -0.05) is 39.1 Å². The maximum atomic E-state index is 13.1. The zero-order chi connectivity index (χ0) is 20.4. The molecule has 1 aliphatic heterocycles. The molecular formula is C19H20BrCl2N3O3. The van der Waals surface area contributed by atoms with Crippen molar-refractivity contribution >= 4 is 51.0 Å². The zero-order valence-electron chi connectivity index (χ0n) is 15.5. The van der Waals surface area contributed by atoms with Gasteiger partial charge in [-0.15, -0.1) is 0 Å². The standard InChI is InChI=1S/C19H20BrCl2N3O3/c1-3-28-19(27)17-13-10-24(11(2)8-16(13)23-25(17)7-6-20)18(26)12-4-5-14(21)15(22)9-12/h4-5,9,11H,3,6-8,10H2,1-2H3/t11-/m1/s1. The summed E-state index contributed by atoms with van der Waals surface area (Å²) in [7, 11) is 0. The molecule has 1 amide bonds. The molecule has 0 spiro atoms. The fourth-order valence-corrected chi connectivity index (χ4v) is 3.97. The van der Waals surface area contributed by atoms with Crippen LogP contribution in [0.4, 0.5) is 0 Å². The Morgan fingerprint density at radius 1 is 1.32 bits per heavy atom. The largest absolute Gasteiger partial charge is 0.461 e.